The maximum absolute atomic E-state index is 10.3. The second kappa shape index (κ2) is 3.33. The molecule has 0 saturated carbocycles. The van der Waals surface area contributed by atoms with Gasteiger partial charge in [0.05, 0.1) is 12.4 Å². The third-order valence-electron chi connectivity index (χ3n) is 1.49. The Balaban J connectivity index is 2.22. The Kier molecular flexibility index (Phi) is 2.02. The number of oxazole rings is 2. The van der Waals surface area contributed by atoms with E-state index in [-0.39, 0.29) is 24.0 Å². The molecule has 0 saturated heterocycles. The van der Waals surface area contributed by atoms with Gasteiger partial charge in [-0.25, -0.2) is 9.97 Å². The molecule has 2 rings (SSSR count). The van der Waals surface area contributed by atoms with Gasteiger partial charge >= 0.3 is 5.97 Å². The molecule has 0 bridgehead atoms. The number of carboxylic acids is 1. The Labute approximate surface area is 78.2 Å². The zero-order valence-corrected chi connectivity index (χ0v) is 7.01. The van der Waals surface area contributed by atoms with Crippen molar-refractivity contribution in [1.82, 2.24) is 9.97 Å². The van der Waals surface area contributed by atoms with Gasteiger partial charge in [-0.15, -0.1) is 0 Å². The summed E-state index contributed by atoms with van der Waals surface area (Å²) in [6.07, 6.45) is 3.98. The highest BCUT2D eigenvalue weighted by molar-refractivity contribution is 5.69. The van der Waals surface area contributed by atoms with Crippen molar-refractivity contribution >= 4 is 5.97 Å². The Morgan fingerprint density at radius 3 is 2.93 bits per heavy atom. The summed E-state index contributed by atoms with van der Waals surface area (Å²) in [7, 11) is 0. The van der Waals surface area contributed by atoms with Crippen LogP contribution in [0.25, 0.3) is 11.8 Å². The van der Waals surface area contributed by atoms with Crippen molar-refractivity contribution in [2.75, 3.05) is 0 Å². The van der Waals surface area contributed by atoms with Crippen molar-refractivity contribution in [3.63, 3.8) is 0 Å². The van der Waals surface area contributed by atoms with E-state index in [1.165, 1.54) is 18.7 Å². The SMILES string of the molecule is O=C(O)Cc1cnc(-c2ncco2)o1. The quantitative estimate of drug-likeness (QED) is 0.782. The number of rotatable bonds is 3. The van der Waals surface area contributed by atoms with E-state index in [1.54, 1.807) is 0 Å². The van der Waals surface area contributed by atoms with E-state index in [2.05, 4.69) is 9.97 Å². The number of aliphatic carboxylic acids is 1. The van der Waals surface area contributed by atoms with Gasteiger partial charge in [-0.05, 0) is 0 Å². The predicted molar refractivity (Wildman–Crippen MR) is 43.3 cm³/mol. The minimum atomic E-state index is -0.972. The summed E-state index contributed by atoms with van der Waals surface area (Å²) in [6.45, 7) is 0. The van der Waals surface area contributed by atoms with Gasteiger partial charge < -0.3 is 13.9 Å². The molecular weight excluding hydrogens is 188 g/mol. The molecule has 0 spiro atoms. The van der Waals surface area contributed by atoms with Crippen molar-refractivity contribution in [1.29, 1.82) is 0 Å². The fourth-order valence-electron chi connectivity index (χ4n) is 0.966. The molecule has 6 nitrogen and oxygen atoms in total. The zero-order chi connectivity index (χ0) is 9.97. The minimum Gasteiger partial charge on any atom is -0.481 e. The third-order valence-corrected chi connectivity index (χ3v) is 1.49. The minimum absolute atomic E-state index is 0.186. The zero-order valence-electron chi connectivity index (χ0n) is 7.01. The molecule has 6 heteroatoms. The smallest absolute Gasteiger partial charge is 0.311 e. The van der Waals surface area contributed by atoms with Crippen LogP contribution in [0.3, 0.4) is 0 Å². The van der Waals surface area contributed by atoms with Crippen LogP contribution in [0.2, 0.25) is 0 Å². The van der Waals surface area contributed by atoms with E-state index in [0.717, 1.165) is 0 Å². The first-order chi connectivity index (χ1) is 6.75. The number of carbonyl (C=O) groups is 1. The lowest BCUT2D eigenvalue weighted by atomic mass is 10.4. The number of hydrogen-bond acceptors (Lipinski definition) is 5. The molecule has 0 fully saturated rings. The number of carboxylic acid groups (broad SMARTS) is 1. The molecule has 0 aliphatic carbocycles. The topological polar surface area (TPSA) is 89.4 Å². The van der Waals surface area contributed by atoms with Gasteiger partial charge in [-0.1, -0.05) is 0 Å². The summed E-state index contributed by atoms with van der Waals surface area (Å²) >= 11 is 0. The standard InChI is InChI=1S/C8H6N2O4/c11-6(12)3-5-4-10-8(14-5)7-9-1-2-13-7/h1-2,4H,3H2,(H,11,12). The first kappa shape index (κ1) is 8.49. The molecule has 72 valence electrons. The highest BCUT2D eigenvalue weighted by Crippen LogP contribution is 2.16. The van der Waals surface area contributed by atoms with E-state index in [0.29, 0.717) is 0 Å². The molecule has 0 aliphatic heterocycles. The second-order valence-electron chi connectivity index (χ2n) is 2.54. The van der Waals surface area contributed by atoms with Crippen molar-refractivity contribution in [3.8, 4) is 11.8 Å². The van der Waals surface area contributed by atoms with Crippen LogP contribution in [-0.2, 0) is 11.2 Å². The molecule has 2 aromatic heterocycles. The monoisotopic (exact) mass is 194 g/mol. The van der Waals surface area contributed by atoms with Gasteiger partial charge in [0.2, 0.25) is 0 Å². The second-order valence-corrected chi connectivity index (χ2v) is 2.54. The molecule has 14 heavy (non-hydrogen) atoms. The molecule has 1 N–H and O–H groups in total. The summed E-state index contributed by atoms with van der Waals surface area (Å²) in [6, 6.07) is 0. The van der Waals surface area contributed by atoms with E-state index < -0.39 is 5.97 Å². The molecule has 0 radical (unpaired) electrons. The van der Waals surface area contributed by atoms with Crippen LogP contribution >= 0.6 is 0 Å². The van der Waals surface area contributed by atoms with Crippen LogP contribution in [0.1, 0.15) is 5.76 Å². The van der Waals surface area contributed by atoms with Crippen molar-refractivity contribution in [2.24, 2.45) is 0 Å². The summed E-state index contributed by atoms with van der Waals surface area (Å²) in [5.74, 6) is -0.279. The van der Waals surface area contributed by atoms with Gasteiger partial charge in [-0.2, -0.15) is 0 Å². The highest BCUT2D eigenvalue weighted by atomic mass is 16.4. The van der Waals surface area contributed by atoms with Crippen LogP contribution in [0.5, 0.6) is 0 Å². The Bertz CT molecular complexity index is 432. The lowest BCUT2D eigenvalue weighted by molar-refractivity contribution is -0.136. The Morgan fingerprint density at radius 2 is 2.29 bits per heavy atom. The Hall–Kier alpha value is -2.11. The van der Waals surface area contributed by atoms with Gasteiger partial charge in [-0.3, -0.25) is 4.79 Å². The number of nitrogens with zero attached hydrogens (tertiary/aromatic N) is 2. The molecule has 0 aromatic carbocycles. The first-order valence-corrected chi connectivity index (χ1v) is 3.82. The fourth-order valence-corrected chi connectivity index (χ4v) is 0.966. The molecule has 2 heterocycles. The molecule has 2 aromatic rings. The lowest BCUT2D eigenvalue weighted by Crippen LogP contribution is -1.97. The van der Waals surface area contributed by atoms with Crippen LogP contribution < -0.4 is 0 Å². The summed E-state index contributed by atoms with van der Waals surface area (Å²) < 4.78 is 10.0. The van der Waals surface area contributed by atoms with Crippen LogP contribution in [0, 0.1) is 0 Å². The number of hydrogen-bond donors (Lipinski definition) is 1. The van der Waals surface area contributed by atoms with Crippen molar-refractivity contribution in [3.05, 3.63) is 24.4 Å². The normalized spacial score (nSPS) is 10.3. The van der Waals surface area contributed by atoms with Gasteiger partial charge in [0.15, 0.2) is 0 Å². The summed E-state index contributed by atoms with van der Waals surface area (Å²) in [5, 5.41) is 8.48. The number of aromatic nitrogens is 2. The molecular formula is C8H6N2O4. The van der Waals surface area contributed by atoms with Crippen molar-refractivity contribution < 1.29 is 18.7 Å². The van der Waals surface area contributed by atoms with Crippen molar-refractivity contribution in [2.45, 2.75) is 6.42 Å². The average molecular weight is 194 g/mol. The molecule has 0 aliphatic rings. The van der Waals surface area contributed by atoms with Crippen LogP contribution in [-0.4, -0.2) is 21.0 Å². The van der Waals surface area contributed by atoms with Gasteiger partial charge in [0.1, 0.15) is 18.4 Å². The average Bonchev–Trinajstić information content (AvgIpc) is 2.69. The van der Waals surface area contributed by atoms with E-state index >= 15 is 0 Å². The lowest BCUT2D eigenvalue weighted by Gasteiger charge is -1.87. The molecule has 0 atom stereocenters. The molecule has 0 amide bonds. The summed E-state index contributed by atoms with van der Waals surface area (Å²) in [5.41, 5.74) is 0. The first-order valence-electron chi connectivity index (χ1n) is 3.82. The van der Waals surface area contributed by atoms with E-state index in [9.17, 15) is 4.79 Å². The predicted octanol–water partition coefficient (Wildman–Crippen LogP) is 0.957. The van der Waals surface area contributed by atoms with Gasteiger partial charge in [0, 0.05) is 0 Å². The maximum Gasteiger partial charge on any atom is 0.311 e. The van der Waals surface area contributed by atoms with E-state index in [4.69, 9.17) is 13.9 Å². The van der Waals surface area contributed by atoms with Gasteiger partial charge in [0.25, 0.3) is 11.8 Å². The third kappa shape index (κ3) is 1.63. The fraction of sp³-hybridized carbons (Fsp3) is 0.125. The maximum atomic E-state index is 10.3. The van der Waals surface area contributed by atoms with Crippen LogP contribution in [0.15, 0.2) is 27.5 Å². The highest BCUT2D eigenvalue weighted by Gasteiger charge is 2.12. The molecule has 0 unspecified atom stereocenters. The Morgan fingerprint density at radius 1 is 1.43 bits per heavy atom. The van der Waals surface area contributed by atoms with Crippen LogP contribution in [0.4, 0.5) is 0 Å². The van der Waals surface area contributed by atoms with E-state index in [1.807, 2.05) is 0 Å². The summed E-state index contributed by atoms with van der Waals surface area (Å²) in [4.78, 5) is 18.0. The largest absolute Gasteiger partial charge is 0.481 e.